The summed E-state index contributed by atoms with van der Waals surface area (Å²) in [4.78, 5) is 28.8. The maximum absolute atomic E-state index is 12.7. The Bertz CT molecular complexity index is 357. The van der Waals surface area contributed by atoms with Crippen LogP contribution in [0.2, 0.25) is 0 Å². The van der Waals surface area contributed by atoms with Gasteiger partial charge >= 0.3 is 11.8 Å². The lowest BCUT2D eigenvalue weighted by Gasteiger charge is -2.32. The maximum atomic E-state index is 12.7. The summed E-state index contributed by atoms with van der Waals surface area (Å²) in [5, 5.41) is 3.27. The van der Waals surface area contributed by atoms with Gasteiger partial charge in [0, 0.05) is 32.2 Å². The van der Waals surface area contributed by atoms with Crippen LogP contribution in [0, 0.1) is 5.92 Å². The summed E-state index contributed by atoms with van der Waals surface area (Å²) in [6, 6.07) is 0.272. The molecule has 1 aliphatic heterocycles. The van der Waals surface area contributed by atoms with Crippen molar-refractivity contribution in [3.8, 4) is 0 Å². The van der Waals surface area contributed by atoms with Gasteiger partial charge in [0.15, 0.2) is 0 Å². The molecule has 1 N–H and O–H groups in total. The highest BCUT2D eigenvalue weighted by Gasteiger charge is 2.33. The first-order valence-electron chi connectivity index (χ1n) is 8.40. The minimum Gasteiger partial charge on any atom is -0.333 e. The van der Waals surface area contributed by atoms with Crippen molar-refractivity contribution in [3.63, 3.8) is 0 Å². The Kier molecular flexibility index (Phi) is 6.03. The fourth-order valence-corrected chi connectivity index (χ4v) is 3.31. The molecule has 0 aromatic rings. The third-order valence-corrected chi connectivity index (χ3v) is 4.40. The minimum absolute atomic E-state index is 0.272. The van der Waals surface area contributed by atoms with Crippen molar-refractivity contribution in [3.05, 3.63) is 0 Å². The standard InChI is InChI=1S/C16H29N3O2/c1-13(2)12-19(14-6-3-4-7-14)16(21)15(20)18-10-5-8-17-9-11-18/h13-14,17H,3-12H2,1-2H3. The van der Waals surface area contributed by atoms with Gasteiger partial charge in [-0.2, -0.15) is 0 Å². The summed E-state index contributed by atoms with van der Waals surface area (Å²) in [6.07, 6.45) is 5.37. The van der Waals surface area contributed by atoms with E-state index in [0.29, 0.717) is 25.6 Å². The van der Waals surface area contributed by atoms with Gasteiger partial charge in [-0.15, -0.1) is 0 Å². The van der Waals surface area contributed by atoms with Gasteiger partial charge in [-0.25, -0.2) is 0 Å². The zero-order chi connectivity index (χ0) is 15.2. The van der Waals surface area contributed by atoms with Crippen molar-refractivity contribution >= 4 is 11.8 Å². The lowest BCUT2D eigenvalue weighted by Crippen LogP contribution is -2.50. The van der Waals surface area contributed by atoms with E-state index in [1.54, 1.807) is 4.90 Å². The van der Waals surface area contributed by atoms with E-state index in [4.69, 9.17) is 0 Å². The predicted molar refractivity (Wildman–Crippen MR) is 82.9 cm³/mol. The van der Waals surface area contributed by atoms with Gasteiger partial charge in [-0.1, -0.05) is 26.7 Å². The van der Waals surface area contributed by atoms with Gasteiger partial charge in [0.25, 0.3) is 0 Å². The third-order valence-electron chi connectivity index (χ3n) is 4.40. The Labute approximate surface area is 128 Å². The second kappa shape index (κ2) is 7.78. The predicted octanol–water partition coefficient (Wildman–Crippen LogP) is 1.24. The largest absolute Gasteiger partial charge is 0.333 e. The van der Waals surface area contributed by atoms with E-state index in [9.17, 15) is 9.59 Å². The van der Waals surface area contributed by atoms with Crippen LogP contribution in [0.25, 0.3) is 0 Å². The Morgan fingerprint density at radius 1 is 1.14 bits per heavy atom. The summed E-state index contributed by atoms with van der Waals surface area (Å²) < 4.78 is 0. The van der Waals surface area contributed by atoms with E-state index < -0.39 is 0 Å². The molecule has 120 valence electrons. The quantitative estimate of drug-likeness (QED) is 0.797. The average molecular weight is 295 g/mol. The summed E-state index contributed by atoms with van der Waals surface area (Å²) in [6.45, 7) is 7.96. The molecule has 1 heterocycles. The smallest absolute Gasteiger partial charge is 0.312 e. The van der Waals surface area contributed by atoms with Gasteiger partial charge in [0.1, 0.15) is 0 Å². The first kappa shape index (κ1) is 16.3. The first-order valence-corrected chi connectivity index (χ1v) is 8.40. The molecule has 0 aromatic carbocycles. The number of carbonyl (C=O) groups excluding carboxylic acids is 2. The molecule has 1 saturated carbocycles. The lowest BCUT2D eigenvalue weighted by atomic mass is 10.1. The molecule has 2 fully saturated rings. The Morgan fingerprint density at radius 2 is 1.86 bits per heavy atom. The summed E-state index contributed by atoms with van der Waals surface area (Å²) >= 11 is 0. The van der Waals surface area contributed by atoms with Gasteiger partial charge in [0.2, 0.25) is 0 Å². The van der Waals surface area contributed by atoms with E-state index in [1.165, 1.54) is 12.8 Å². The van der Waals surface area contributed by atoms with E-state index in [1.807, 2.05) is 4.90 Å². The van der Waals surface area contributed by atoms with Crippen molar-refractivity contribution in [2.24, 2.45) is 5.92 Å². The topological polar surface area (TPSA) is 52.7 Å². The normalized spacial score (nSPS) is 20.6. The number of amides is 2. The van der Waals surface area contributed by atoms with Crippen LogP contribution in [-0.2, 0) is 9.59 Å². The molecule has 0 atom stereocenters. The number of hydrogen-bond donors (Lipinski definition) is 1. The molecular weight excluding hydrogens is 266 g/mol. The minimum atomic E-state index is -0.300. The van der Waals surface area contributed by atoms with Crippen LogP contribution in [0.5, 0.6) is 0 Å². The van der Waals surface area contributed by atoms with Crippen LogP contribution in [-0.4, -0.2) is 60.4 Å². The van der Waals surface area contributed by atoms with E-state index >= 15 is 0 Å². The first-order chi connectivity index (χ1) is 10.1. The second-order valence-corrected chi connectivity index (χ2v) is 6.69. The fourth-order valence-electron chi connectivity index (χ4n) is 3.31. The molecule has 0 radical (unpaired) electrons. The Morgan fingerprint density at radius 3 is 2.52 bits per heavy atom. The van der Waals surface area contributed by atoms with Gasteiger partial charge in [-0.05, 0) is 31.7 Å². The fraction of sp³-hybridized carbons (Fsp3) is 0.875. The molecule has 2 amide bonds. The Hall–Kier alpha value is -1.10. The van der Waals surface area contributed by atoms with Gasteiger partial charge in [-0.3, -0.25) is 9.59 Å². The SMILES string of the molecule is CC(C)CN(C(=O)C(=O)N1CCCNCC1)C1CCCC1. The molecule has 5 heteroatoms. The molecule has 0 spiro atoms. The molecule has 5 nitrogen and oxygen atoms in total. The maximum Gasteiger partial charge on any atom is 0.312 e. The van der Waals surface area contributed by atoms with E-state index in [2.05, 4.69) is 19.2 Å². The molecule has 1 aliphatic carbocycles. The monoisotopic (exact) mass is 295 g/mol. The number of carbonyl (C=O) groups is 2. The van der Waals surface area contributed by atoms with Crippen molar-refractivity contribution in [1.29, 1.82) is 0 Å². The summed E-state index contributed by atoms with van der Waals surface area (Å²) in [5.74, 6) is -0.183. The van der Waals surface area contributed by atoms with Gasteiger partial charge < -0.3 is 15.1 Å². The molecule has 21 heavy (non-hydrogen) atoms. The van der Waals surface area contributed by atoms with Crippen LogP contribution in [0.4, 0.5) is 0 Å². The second-order valence-electron chi connectivity index (χ2n) is 6.69. The van der Waals surface area contributed by atoms with Crippen molar-refractivity contribution in [2.45, 2.75) is 52.0 Å². The van der Waals surface area contributed by atoms with Crippen molar-refractivity contribution in [2.75, 3.05) is 32.7 Å². The summed E-state index contributed by atoms with van der Waals surface area (Å²) in [5.41, 5.74) is 0. The highest BCUT2D eigenvalue weighted by molar-refractivity contribution is 6.35. The zero-order valence-corrected chi connectivity index (χ0v) is 13.4. The highest BCUT2D eigenvalue weighted by Crippen LogP contribution is 2.24. The number of nitrogens with one attached hydrogen (secondary N) is 1. The number of rotatable bonds is 3. The molecule has 2 rings (SSSR count). The molecule has 2 aliphatic rings. The third kappa shape index (κ3) is 4.43. The molecule has 1 saturated heterocycles. The number of nitrogens with zero attached hydrogens (tertiary/aromatic N) is 2. The van der Waals surface area contributed by atoms with Crippen LogP contribution in [0.3, 0.4) is 0 Å². The van der Waals surface area contributed by atoms with Crippen molar-refractivity contribution in [1.82, 2.24) is 15.1 Å². The Balaban J connectivity index is 2.03. The van der Waals surface area contributed by atoms with Crippen LogP contribution >= 0.6 is 0 Å². The summed E-state index contributed by atoms with van der Waals surface area (Å²) in [7, 11) is 0. The van der Waals surface area contributed by atoms with Crippen LogP contribution in [0.15, 0.2) is 0 Å². The lowest BCUT2D eigenvalue weighted by molar-refractivity contribution is -0.153. The molecule has 0 aromatic heterocycles. The van der Waals surface area contributed by atoms with Crippen molar-refractivity contribution < 1.29 is 9.59 Å². The van der Waals surface area contributed by atoms with Crippen LogP contribution < -0.4 is 5.32 Å². The van der Waals surface area contributed by atoms with Crippen LogP contribution in [0.1, 0.15) is 46.0 Å². The number of hydrogen-bond acceptors (Lipinski definition) is 3. The van der Waals surface area contributed by atoms with E-state index in [-0.39, 0.29) is 17.9 Å². The molecular formula is C16H29N3O2. The average Bonchev–Trinajstić information content (AvgIpc) is 2.85. The van der Waals surface area contributed by atoms with E-state index in [0.717, 1.165) is 32.4 Å². The molecule has 0 bridgehead atoms. The highest BCUT2D eigenvalue weighted by atomic mass is 16.2. The zero-order valence-electron chi connectivity index (χ0n) is 13.4. The molecule has 0 unspecified atom stereocenters. The van der Waals surface area contributed by atoms with Gasteiger partial charge in [0.05, 0.1) is 0 Å².